The number of carbonyl (C=O) groups excluding carboxylic acids is 1. The number of nitrogens with one attached hydrogen (secondary N) is 1. The van der Waals surface area contributed by atoms with Gasteiger partial charge in [-0.05, 0) is 78.4 Å². The summed E-state index contributed by atoms with van der Waals surface area (Å²) in [6.45, 7) is 2.16. The van der Waals surface area contributed by atoms with Crippen molar-refractivity contribution in [3.8, 4) is 22.6 Å². The van der Waals surface area contributed by atoms with Gasteiger partial charge in [-0.15, -0.1) is 0 Å². The number of carbonyl (C=O) groups is 1. The molecular weight excluding hydrogens is 426 g/mol. The third kappa shape index (κ3) is 3.62. The lowest BCUT2D eigenvalue weighted by molar-refractivity contribution is -0.118. The zero-order valence-corrected chi connectivity index (χ0v) is 18.7. The first-order valence-electron chi connectivity index (χ1n) is 10.4. The van der Waals surface area contributed by atoms with Crippen molar-refractivity contribution in [2.75, 3.05) is 18.4 Å². The van der Waals surface area contributed by atoms with Gasteiger partial charge in [0.25, 0.3) is 0 Å². The van der Waals surface area contributed by atoms with Crippen LogP contribution >= 0.6 is 0 Å². The minimum Gasteiger partial charge on any atom is -0.454 e. The molecule has 0 aromatic heterocycles. The average molecular weight is 450 g/mol. The zero-order chi connectivity index (χ0) is 22.5. The van der Waals surface area contributed by atoms with Crippen LogP contribution in [0.25, 0.3) is 11.1 Å². The van der Waals surface area contributed by atoms with E-state index >= 15 is 0 Å². The smallest absolute Gasteiger partial charge is 0.235 e. The van der Waals surface area contributed by atoms with Crippen LogP contribution in [0.3, 0.4) is 0 Å². The van der Waals surface area contributed by atoms with Crippen LogP contribution in [-0.2, 0) is 20.0 Å². The van der Waals surface area contributed by atoms with Crippen molar-refractivity contribution in [3.05, 3.63) is 71.8 Å². The Morgan fingerprint density at radius 2 is 1.75 bits per heavy atom. The molecule has 1 N–H and O–H groups in total. The number of benzene rings is 3. The number of aryl methyl sites for hydroxylation is 1. The predicted octanol–water partition coefficient (Wildman–Crippen LogP) is 4.46. The summed E-state index contributed by atoms with van der Waals surface area (Å²) in [6, 6.07) is 18.2. The van der Waals surface area contributed by atoms with Crippen LogP contribution in [0.5, 0.6) is 11.5 Å². The lowest BCUT2D eigenvalue weighted by atomic mass is 9.94. The molecule has 0 saturated heterocycles. The molecule has 0 bridgehead atoms. The Hall–Kier alpha value is -3.32. The fourth-order valence-corrected chi connectivity index (χ4v) is 4.79. The van der Waals surface area contributed by atoms with Gasteiger partial charge in [0, 0.05) is 11.9 Å². The highest BCUT2D eigenvalue weighted by atomic mass is 32.2. The van der Waals surface area contributed by atoms with E-state index in [2.05, 4.69) is 5.32 Å². The van der Waals surface area contributed by atoms with Crippen LogP contribution in [0.1, 0.15) is 24.0 Å². The van der Waals surface area contributed by atoms with Gasteiger partial charge in [-0.3, -0.25) is 4.79 Å². The Morgan fingerprint density at radius 3 is 2.50 bits per heavy atom. The number of fused-ring (bicyclic) bond motifs is 1. The molecule has 164 valence electrons. The fourth-order valence-electron chi connectivity index (χ4n) is 4.12. The van der Waals surface area contributed by atoms with E-state index in [-0.39, 0.29) is 17.6 Å². The van der Waals surface area contributed by atoms with E-state index in [1.165, 1.54) is 6.26 Å². The summed E-state index contributed by atoms with van der Waals surface area (Å²) in [5.41, 5.74) is 3.69. The molecule has 6 nitrogen and oxygen atoms in total. The summed E-state index contributed by atoms with van der Waals surface area (Å²) in [7, 11) is -3.31. The van der Waals surface area contributed by atoms with E-state index in [0.717, 1.165) is 35.1 Å². The van der Waals surface area contributed by atoms with Crippen LogP contribution in [0.4, 0.5) is 5.69 Å². The molecule has 7 heteroatoms. The van der Waals surface area contributed by atoms with Gasteiger partial charge >= 0.3 is 0 Å². The molecule has 1 heterocycles. The van der Waals surface area contributed by atoms with E-state index in [1.54, 1.807) is 18.2 Å². The van der Waals surface area contributed by atoms with Crippen molar-refractivity contribution in [1.82, 2.24) is 0 Å². The summed E-state index contributed by atoms with van der Waals surface area (Å²) < 4.78 is 34.8. The third-order valence-corrected chi connectivity index (χ3v) is 7.29. The van der Waals surface area contributed by atoms with Gasteiger partial charge < -0.3 is 14.8 Å². The molecule has 1 aliphatic heterocycles. The molecule has 3 aromatic rings. The Kier molecular flexibility index (Phi) is 4.74. The molecule has 2 aliphatic rings. The maximum atomic E-state index is 13.3. The zero-order valence-electron chi connectivity index (χ0n) is 17.8. The van der Waals surface area contributed by atoms with Gasteiger partial charge in [0.05, 0.1) is 10.3 Å². The molecule has 1 aliphatic carbocycles. The monoisotopic (exact) mass is 449 g/mol. The molecule has 0 spiro atoms. The molecule has 5 rings (SSSR count). The summed E-state index contributed by atoms with van der Waals surface area (Å²) in [5, 5.41) is 3.06. The first-order valence-corrected chi connectivity index (χ1v) is 12.3. The fraction of sp³-hybridized carbons (Fsp3) is 0.240. The van der Waals surface area contributed by atoms with E-state index in [9.17, 15) is 13.2 Å². The SMILES string of the molecule is Cc1ccc(NC(=O)C2(c3ccc4c(c3)OCO4)CC2)cc1-c1cccc(S(C)(=O)=O)c1. The molecule has 0 radical (unpaired) electrons. The van der Waals surface area contributed by atoms with Gasteiger partial charge in [0.2, 0.25) is 12.7 Å². The van der Waals surface area contributed by atoms with Crippen molar-refractivity contribution in [2.45, 2.75) is 30.1 Å². The number of ether oxygens (including phenoxy) is 2. The average Bonchev–Trinajstić information content (AvgIpc) is 3.45. The van der Waals surface area contributed by atoms with Crippen LogP contribution in [0.15, 0.2) is 65.6 Å². The highest BCUT2D eigenvalue weighted by Crippen LogP contribution is 2.51. The van der Waals surface area contributed by atoms with Crippen LogP contribution in [0, 0.1) is 6.92 Å². The lowest BCUT2D eigenvalue weighted by Gasteiger charge is -2.17. The van der Waals surface area contributed by atoms with Gasteiger partial charge in [-0.25, -0.2) is 8.42 Å². The van der Waals surface area contributed by atoms with Crippen molar-refractivity contribution in [3.63, 3.8) is 0 Å². The number of anilines is 1. The Balaban J connectivity index is 1.43. The Morgan fingerprint density at radius 1 is 0.969 bits per heavy atom. The topological polar surface area (TPSA) is 81.7 Å². The quantitative estimate of drug-likeness (QED) is 0.622. The molecule has 0 unspecified atom stereocenters. The second-order valence-electron chi connectivity index (χ2n) is 8.43. The van der Waals surface area contributed by atoms with Crippen LogP contribution in [0.2, 0.25) is 0 Å². The summed E-state index contributed by atoms with van der Waals surface area (Å²) in [4.78, 5) is 13.5. The summed E-state index contributed by atoms with van der Waals surface area (Å²) in [6.07, 6.45) is 2.74. The van der Waals surface area contributed by atoms with E-state index in [1.807, 2.05) is 49.4 Å². The maximum absolute atomic E-state index is 13.3. The second-order valence-corrected chi connectivity index (χ2v) is 10.4. The maximum Gasteiger partial charge on any atom is 0.235 e. The first-order chi connectivity index (χ1) is 15.3. The molecule has 0 atom stereocenters. The Labute approximate surface area is 187 Å². The number of rotatable bonds is 5. The number of amides is 1. The van der Waals surface area contributed by atoms with Gasteiger partial charge in [0.1, 0.15) is 0 Å². The highest BCUT2D eigenvalue weighted by molar-refractivity contribution is 7.90. The minimum absolute atomic E-state index is 0.0592. The van der Waals surface area contributed by atoms with Gasteiger partial charge in [0.15, 0.2) is 21.3 Å². The Bertz CT molecular complexity index is 1340. The first kappa shape index (κ1) is 20.6. The molecular formula is C25H23NO5S. The van der Waals surface area contributed by atoms with Crippen molar-refractivity contribution in [2.24, 2.45) is 0 Å². The van der Waals surface area contributed by atoms with Crippen molar-refractivity contribution in [1.29, 1.82) is 0 Å². The molecule has 1 fully saturated rings. The van der Waals surface area contributed by atoms with Crippen molar-refractivity contribution < 1.29 is 22.7 Å². The van der Waals surface area contributed by atoms with E-state index in [4.69, 9.17) is 9.47 Å². The third-order valence-electron chi connectivity index (χ3n) is 6.18. The summed E-state index contributed by atoms with van der Waals surface area (Å²) in [5.74, 6) is 1.31. The number of hydrogen-bond donors (Lipinski definition) is 1. The van der Waals surface area contributed by atoms with Gasteiger partial charge in [-0.2, -0.15) is 0 Å². The molecule has 1 amide bonds. The number of sulfone groups is 1. The largest absolute Gasteiger partial charge is 0.454 e. The number of hydrogen-bond acceptors (Lipinski definition) is 5. The minimum atomic E-state index is -3.31. The molecule has 3 aromatic carbocycles. The highest BCUT2D eigenvalue weighted by Gasteiger charge is 2.51. The molecule has 1 saturated carbocycles. The van der Waals surface area contributed by atoms with Crippen LogP contribution in [-0.4, -0.2) is 27.4 Å². The van der Waals surface area contributed by atoms with Gasteiger partial charge in [-0.1, -0.05) is 24.3 Å². The standard InChI is InChI=1S/C25H23NO5S/c1-16-6-8-19(14-21(16)17-4-3-5-20(12-17)32(2,28)29)26-24(27)25(10-11-25)18-7-9-22-23(13-18)31-15-30-22/h3-9,12-14H,10-11,15H2,1-2H3,(H,26,27). The van der Waals surface area contributed by atoms with E-state index in [0.29, 0.717) is 17.2 Å². The lowest BCUT2D eigenvalue weighted by Crippen LogP contribution is -2.27. The second kappa shape index (κ2) is 7.38. The normalized spacial score (nSPS) is 15.9. The molecule has 32 heavy (non-hydrogen) atoms. The van der Waals surface area contributed by atoms with Crippen LogP contribution < -0.4 is 14.8 Å². The van der Waals surface area contributed by atoms with Crippen molar-refractivity contribution >= 4 is 21.4 Å². The predicted molar refractivity (Wildman–Crippen MR) is 122 cm³/mol. The summed E-state index contributed by atoms with van der Waals surface area (Å²) >= 11 is 0. The van der Waals surface area contributed by atoms with E-state index < -0.39 is 15.3 Å².